The number of benzene rings is 3. The number of hydrogen-bond acceptors (Lipinski definition) is 2. The molecule has 3 nitrogen and oxygen atoms in total. The third kappa shape index (κ3) is 5.44. The lowest BCUT2D eigenvalue weighted by Crippen LogP contribution is -2.16. The van der Waals surface area contributed by atoms with Crippen LogP contribution < -0.4 is 10.1 Å². The molecule has 0 heterocycles. The highest BCUT2D eigenvalue weighted by Crippen LogP contribution is 2.25. The van der Waals surface area contributed by atoms with Crippen LogP contribution in [-0.2, 0) is 17.8 Å². The van der Waals surface area contributed by atoms with E-state index >= 15 is 0 Å². The molecule has 0 spiro atoms. The first-order valence-corrected chi connectivity index (χ1v) is 9.63. The molecule has 4 heteroatoms. The van der Waals surface area contributed by atoms with E-state index in [1.54, 1.807) is 0 Å². The third-order valence-corrected chi connectivity index (χ3v) is 4.76. The summed E-state index contributed by atoms with van der Waals surface area (Å²) in [6.45, 7) is 4.52. The lowest BCUT2D eigenvalue weighted by Gasteiger charge is -2.12. The van der Waals surface area contributed by atoms with Gasteiger partial charge in [0.15, 0.2) is 0 Å². The highest BCUT2D eigenvalue weighted by molar-refractivity contribution is 9.10. The van der Waals surface area contributed by atoms with E-state index in [2.05, 4.69) is 21.2 Å². The first-order valence-electron chi connectivity index (χ1n) is 8.83. The number of ether oxygens (including phenoxy) is 1. The third-order valence-electron chi connectivity index (χ3n) is 4.30. The molecular weight excluding hydrogens is 402 g/mol. The second kappa shape index (κ2) is 8.87. The van der Waals surface area contributed by atoms with Gasteiger partial charge in [0.25, 0.3) is 0 Å². The summed E-state index contributed by atoms with van der Waals surface area (Å²) >= 11 is 3.48. The Morgan fingerprint density at radius 1 is 0.926 bits per heavy atom. The summed E-state index contributed by atoms with van der Waals surface area (Å²) in [5.41, 5.74) is 5.04. The van der Waals surface area contributed by atoms with Crippen LogP contribution in [0, 0.1) is 13.8 Å². The molecular formula is C23H22BrNO2. The van der Waals surface area contributed by atoms with Crippen molar-refractivity contribution in [1.82, 2.24) is 0 Å². The number of carbonyl (C=O) groups excluding carboxylic acids is 1. The van der Waals surface area contributed by atoms with Gasteiger partial charge in [-0.15, -0.1) is 0 Å². The lowest BCUT2D eigenvalue weighted by atomic mass is 10.1. The molecule has 27 heavy (non-hydrogen) atoms. The van der Waals surface area contributed by atoms with Crippen LogP contribution in [-0.4, -0.2) is 5.91 Å². The van der Waals surface area contributed by atoms with Gasteiger partial charge in [-0.25, -0.2) is 0 Å². The van der Waals surface area contributed by atoms with Gasteiger partial charge in [-0.05, 0) is 60.4 Å². The van der Waals surface area contributed by atoms with Crippen LogP contribution in [0.2, 0.25) is 0 Å². The molecule has 1 amide bonds. The highest BCUT2D eigenvalue weighted by atomic mass is 79.9. The van der Waals surface area contributed by atoms with Gasteiger partial charge in [0.05, 0.1) is 6.42 Å². The van der Waals surface area contributed by atoms with E-state index in [9.17, 15) is 4.79 Å². The van der Waals surface area contributed by atoms with E-state index < -0.39 is 0 Å². The maximum absolute atomic E-state index is 12.4. The van der Waals surface area contributed by atoms with Crippen molar-refractivity contribution in [3.05, 3.63) is 93.5 Å². The number of halogens is 1. The second-order valence-corrected chi connectivity index (χ2v) is 7.47. The van der Waals surface area contributed by atoms with Gasteiger partial charge >= 0.3 is 0 Å². The van der Waals surface area contributed by atoms with Crippen molar-refractivity contribution in [3.63, 3.8) is 0 Å². The minimum atomic E-state index is -0.0264. The first kappa shape index (κ1) is 19.2. The van der Waals surface area contributed by atoms with Crippen LogP contribution in [0.1, 0.15) is 22.3 Å². The van der Waals surface area contributed by atoms with E-state index in [0.29, 0.717) is 13.0 Å². The Bertz CT molecular complexity index is 898. The predicted molar refractivity (Wildman–Crippen MR) is 113 cm³/mol. The van der Waals surface area contributed by atoms with Gasteiger partial charge in [-0.3, -0.25) is 4.79 Å². The molecule has 138 valence electrons. The number of rotatable bonds is 6. The second-order valence-electron chi connectivity index (χ2n) is 6.56. The summed E-state index contributed by atoms with van der Waals surface area (Å²) in [6, 6.07) is 21.7. The van der Waals surface area contributed by atoms with Crippen molar-refractivity contribution in [3.8, 4) is 5.75 Å². The van der Waals surface area contributed by atoms with Crippen LogP contribution in [0.3, 0.4) is 0 Å². The van der Waals surface area contributed by atoms with Crippen LogP contribution in [0.5, 0.6) is 5.75 Å². The van der Waals surface area contributed by atoms with Gasteiger partial charge in [0.1, 0.15) is 12.4 Å². The fourth-order valence-corrected chi connectivity index (χ4v) is 3.61. The van der Waals surface area contributed by atoms with E-state index in [0.717, 1.165) is 38.2 Å². The maximum Gasteiger partial charge on any atom is 0.228 e. The van der Waals surface area contributed by atoms with Crippen molar-refractivity contribution in [2.75, 3.05) is 5.32 Å². The molecule has 1 N–H and O–H groups in total. The molecule has 0 aliphatic carbocycles. The molecule has 3 aromatic rings. The maximum atomic E-state index is 12.4. The standard InChI is InChI=1S/C23H22BrNO2/c1-16-12-20(24)13-17(2)23(16)25-22(26)14-18-8-10-21(11-9-18)27-15-19-6-4-3-5-7-19/h3-13H,14-15H2,1-2H3,(H,25,26). The lowest BCUT2D eigenvalue weighted by molar-refractivity contribution is -0.115. The molecule has 0 aliphatic heterocycles. The van der Waals surface area contributed by atoms with Crippen molar-refractivity contribution in [2.24, 2.45) is 0 Å². The molecule has 0 bridgehead atoms. The zero-order valence-corrected chi connectivity index (χ0v) is 17.0. The van der Waals surface area contributed by atoms with E-state index in [4.69, 9.17) is 4.74 Å². The van der Waals surface area contributed by atoms with Crippen LogP contribution in [0.15, 0.2) is 71.2 Å². The normalized spacial score (nSPS) is 10.5. The smallest absolute Gasteiger partial charge is 0.228 e. The quantitative estimate of drug-likeness (QED) is 0.541. The number of nitrogens with one attached hydrogen (secondary N) is 1. The molecule has 3 aromatic carbocycles. The molecule has 3 rings (SSSR count). The van der Waals surface area contributed by atoms with Crippen LogP contribution >= 0.6 is 15.9 Å². The van der Waals surface area contributed by atoms with Crippen molar-refractivity contribution >= 4 is 27.5 Å². The Labute approximate surface area is 168 Å². The molecule has 0 aromatic heterocycles. The summed E-state index contributed by atoms with van der Waals surface area (Å²) in [5, 5.41) is 3.02. The number of anilines is 1. The molecule has 0 saturated carbocycles. The van der Waals surface area contributed by atoms with Crippen LogP contribution in [0.25, 0.3) is 0 Å². The Balaban J connectivity index is 1.57. The summed E-state index contributed by atoms with van der Waals surface area (Å²) in [5.74, 6) is 0.768. The summed E-state index contributed by atoms with van der Waals surface area (Å²) in [6.07, 6.45) is 0.327. The van der Waals surface area contributed by atoms with E-state index in [-0.39, 0.29) is 5.91 Å². The zero-order chi connectivity index (χ0) is 19.2. The van der Waals surface area contributed by atoms with Gasteiger partial charge in [0, 0.05) is 10.2 Å². The topological polar surface area (TPSA) is 38.3 Å². The van der Waals surface area contributed by atoms with Gasteiger partial charge in [-0.2, -0.15) is 0 Å². The summed E-state index contributed by atoms with van der Waals surface area (Å²) in [4.78, 5) is 12.4. The van der Waals surface area contributed by atoms with Gasteiger partial charge in [0.2, 0.25) is 5.91 Å². The van der Waals surface area contributed by atoms with E-state index in [1.165, 1.54) is 0 Å². The van der Waals surface area contributed by atoms with E-state index in [1.807, 2.05) is 80.6 Å². The summed E-state index contributed by atoms with van der Waals surface area (Å²) < 4.78 is 6.80. The average molecular weight is 424 g/mol. The number of amides is 1. The fraction of sp³-hybridized carbons (Fsp3) is 0.174. The summed E-state index contributed by atoms with van der Waals surface area (Å²) in [7, 11) is 0. The Morgan fingerprint density at radius 3 is 2.19 bits per heavy atom. The first-order chi connectivity index (χ1) is 13.0. The minimum Gasteiger partial charge on any atom is -0.489 e. The molecule has 0 unspecified atom stereocenters. The van der Waals surface area contributed by atoms with Crippen LogP contribution in [0.4, 0.5) is 5.69 Å². The SMILES string of the molecule is Cc1cc(Br)cc(C)c1NC(=O)Cc1ccc(OCc2ccccc2)cc1. The Morgan fingerprint density at radius 2 is 1.56 bits per heavy atom. The Kier molecular flexibility index (Phi) is 6.30. The molecule has 0 radical (unpaired) electrons. The predicted octanol–water partition coefficient (Wildman–Crippen LogP) is 5.83. The number of aryl methyl sites for hydroxylation is 2. The van der Waals surface area contributed by atoms with Gasteiger partial charge in [-0.1, -0.05) is 58.4 Å². The Hall–Kier alpha value is -2.59. The minimum absolute atomic E-state index is 0.0264. The number of hydrogen-bond donors (Lipinski definition) is 1. The zero-order valence-electron chi connectivity index (χ0n) is 15.5. The molecule has 0 saturated heterocycles. The van der Waals surface area contributed by atoms with Gasteiger partial charge < -0.3 is 10.1 Å². The average Bonchev–Trinajstić information content (AvgIpc) is 2.65. The number of carbonyl (C=O) groups is 1. The molecule has 0 atom stereocenters. The largest absolute Gasteiger partial charge is 0.489 e. The highest BCUT2D eigenvalue weighted by Gasteiger charge is 2.09. The molecule has 0 fully saturated rings. The van der Waals surface area contributed by atoms with Crippen molar-refractivity contribution < 1.29 is 9.53 Å². The van der Waals surface area contributed by atoms with Crippen molar-refractivity contribution in [1.29, 1.82) is 0 Å². The fourth-order valence-electron chi connectivity index (χ4n) is 2.92. The monoisotopic (exact) mass is 423 g/mol. The molecule has 0 aliphatic rings. The van der Waals surface area contributed by atoms with Crippen molar-refractivity contribution in [2.45, 2.75) is 26.9 Å².